The molecule has 1 heteroatoms. The molecular formula is C11H31N. The molecule has 0 unspecified atom stereocenters. The lowest BCUT2D eigenvalue weighted by molar-refractivity contribution is 0.434. The van der Waals surface area contributed by atoms with Crippen molar-refractivity contribution in [2.45, 2.75) is 54.9 Å². The van der Waals surface area contributed by atoms with Gasteiger partial charge < -0.3 is 4.90 Å². The zero-order chi connectivity index (χ0) is 11.0. The van der Waals surface area contributed by atoms with Gasteiger partial charge in [-0.15, -0.1) is 0 Å². The van der Waals surface area contributed by atoms with Crippen LogP contribution in [0.5, 0.6) is 0 Å². The molecule has 0 aliphatic carbocycles. The van der Waals surface area contributed by atoms with E-state index >= 15 is 0 Å². The van der Waals surface area contributed by atoms with Gasteiger partial charge in [-0.3, -0.25) is 0 Å². The van der Waals surface area contributed by atoms with E-state index in [0.717, 1.165) is 6.54 Å². The van der Waals surface area contributed by atoms with Crippen LogP contribution in [0.1, 0.15) is 54.9 Å². The van der Waals surface area contributed by atoms with Crippen LogP contribution in [-0.2, 0) is 0 Å². The molecule has 0 aromatic heterocycles. The van der Waals surface area contributed by atoms with Crippen molar-refractivity contribution in [3.05, 3.63) is 0 Å². The monoisotopic (exact) mass is 177 g/mol. The van der Waals surface area contributed by atoms with Crippen molar-refractivity contribution in [2.75, 3.05) is 20.6 Å². The predicted octanol–water partition coefficient (Wildman–Crippen LogP) is 4.04. The van der Waals surface area contributed by atoms with Crippen LogP contribution in [0.4, 0.5) is 0 Å². The maximum atomic E-state index is 2.12. The number of rotatable bonds is 1. The Kier molecular flexibility index (Phi) is 83.5. The van der Waals surface area contributed by atoms with Gasteiger partial charge in [0.05, 0.1) is 0 Å². The van der Waals surface area contributed by atoms with Gasteiger partial charge in [0, 0.05) is 0 Å². The Hall–Kier alpha value is -0.0400. The van der Waals surface area contributed by atoms with Crippen LogP contribution in [0, 0.1) is 0 Å². The van der Waals surface area contributed by atoms with Gasteiger partial charge in [0.1, 0.15) is 0 Å². The van der Waals surface area contributed by atoms with Crippen molar-refractivity contribution in [1.82, 2.24) is 4.90 Å². The topological polar surface area (TPSA) is 3.24 Å². The molecule has 0 bridgehead atoms. The summed E-state index contributed by atoms with van der Waals surface area (Å²) in [6.07, 6.45) is 1.25. The van der Waals surface area contributed by atoms with E-state index in [0.29, 0.717) is 0 Å². The van der Waals surface area contributed by atoms with Crippen molar-refractivity contribution in [3.8, 4) is 0 Å². The minimum atomic E-state index is 1.14. The van der Waals surface area contributed by atoms with Crippen LogP contribution < -0.4 is 0 Å². The summed E-state index contributed by atoms with van der Waals surface area (Å²) >= 11 is 0. The van der Waals surface area contributed by atoms with Crippen molar-refractivity contribution in [2.24, 2.45) is 0 Å². The maximum absolute atomic E-state index is 2.12. The quantitative estimate of drug-likeness (QED) is 0.584. The van der Waals surface area contributed by atoms with Crippen LogP contribution >= 0.6 is 0 Å². The van der Waals surface area contributed by atoms with E-state index in [4.69, 9.17) is 0 Å². The van der Waals surface area contributed by atoms with E-state index < -0.39 is 0 Å². The molecule has 0 rings (SSSR count). The molecule has 1 nitrogen and oxygen atoms in total. The highest BCUT2D eigenvalue weighted by Gasteiger charge is 1.72. The van der Waals surface area contributed by atoms with Crippen molar-refractivity contribution >= 4 is 0 Å². The van der Waals surface area contributed by atoms with Gasteiger partial charge in [-0.2, -0.15) is 0 Å². The predicted molar refractivity (Wildman–Crippen MR) is 62.9 cm³/mol. The second kappa shape index (κ2) is 44.2. The molecule has 0 saturated carbocycles. The SMILES string of the molecule is CC.CC.CCC.CCN(C)C. The van der Waals surface area contributed by atoms with E-state index in [1.807, 2.05) is 27.7 Å². The fraction of sp³-hybridized carbons (Fsp3) is 1.00. The smallest absolute Gasteiger partial charge is 0.00533 e. The summed E-state index contributed by atoms with van der Waals surface area (Å²) < 4.78 is 0. The van der Waals surface area contributed by atoms with E-state index in [2.05, 4.69) is 39.8 Å². The number of hydrogen-bond donors (Lipinski definition) is 0. The van der Waals surface area contributed by atoms with E-state index in [-0.39, 0.29) is 0 Å². The average Bonchev–Trinajstić information content (AvgIpc) is 2.13. The lowest BCUT2D eigenvalue weighted by Gasteiger charge is -2.00. The van der Waals surface area contributed by atoms with Gasteiger partial charge in [-0.25, -0.2) is 0 Å². The van der Waals surface area contributed by atoms with E-state index in [1.165, 1.54) is 6.42 Å². The molecule has 0 aromatic carbocycles. The second-order valence-corrected chi connectivity index (χ2v) is 2.10. The fourth-order valence-electron chi connectivity index (χ4n) is 0. The molecule has 0 N–H and O–H groups in total. The van der Waals surface area contributed by atoms with Crippen molar-refractivity contribution < 1.29 is 0 Å². The summed E-state index contributed by atoms with van der Waals surface area (Å²) in [5.41, 5.74) is 0. The van der Waals surface area contributed by atoms with Crippen LogP contribution in [0.2, 0.25) is 0 Å². The Morgan fingerprint density at radius 3 is 0.833 bits per heavy atom. The van der Waals surface area contributed by atoms with Gasteiger partial charge in [-0.05, 0) is 20.6 Å². The lowest BCUT2D eigenvalue weighted by Crippen LogP contribution is -2.08. The van der Waals surface area contributed by atoms with Gasteiger partial charge in [0.25, 0.3) is 0 Å². The molecule has 12 heavy (non-hydrogen) atoms. The maximum Gasteiger partial charge on any atom is -0.00533 e. The summed E-state index contributed by atoms with van der Waals surface area (Å²) in [7, 11) is 4.11. The minimum absolute atomic E-state index is 1.14. The molecule has 0 radical (unpaired) electrons. The van der Waals surface area contributed by atoms with E-state index in [9.17, 15) is 0 Å². The van der Waals surface area contributed by atoms with Gasteiger partial charge in [0.2, 0.25) is 0 Å². The van der Waals surface area contributed by atoms with Gasteiger partial charge in [0.15, 0.2) is 0 Å². The lowest BCUT2D eigenvalue weighted by atomic mass is 10.6. The molecule has 0 aliphatic heterocycles. The fourth-order valence-corrected chi connectivity index (χ4v) is 0. The zero-order valence-electron chi connectivity index (χ0n) is 10.9. The minimum Gasteiger partial charge on any atom is -0.310 e. The molecule has 0 atom stereocenters. The van der Waals surface area contributed by atoms with Crippen LogP contribution in [0.15, 0.2) is 0 Å². The normalized spacial score (nSPS) is 6.50. The largest absolute Gasteiger partial charge is 0.310 e. The van der Waals surface area contributed by atoms with Crippen LogP contribution in [-0.4, -0.2) is 25.5 Å². The molecule has 0 aromatic rings. The Bertz CT molecular complexity index is 26.2. The van der Waals surface area contributed by atoms with Crippen LogP contribution in [0.25, 0.3) is 0 Å². The molecular weight excluding hydrogens is 146 g/mol. The van der Waals surface area contributed by atoms with E-state index in [1.54, 1.807) is 0 Å². The second-order valence-electron chi connectivity index (χ2n) is 2.10. The highest BCUT2D eigenvalue weighted by atomic mass is 15.0. The molecule has 0 saturated heterocycles. The van der Waals surface area contributed by atoms with Crippen molar-refractivity contribution in [3.63, 3.8) is 0 Å². The molecule has 0 spiro atoms. The number of hydrogen-bond acceptors (Lipinski definition) is 1. The average molecular weight is 177 g/mol. The van der Waals surface area contributed by atoms with Gasteiger partial charge in [-0.1, -0.05) is 54.9 Å². The third-order valence-corrected chi connectivity index (χ3v) is 0.632. The number of nitrogens with zero attached hydrogens (tertiary/aromatic N) is 1. The Balaban J connectivity index is -0.0000000397. The third kappa shape index (κ3) is 208. The van der Waals surface area contributed by atoms with Crippen LogP contribution in [0.3, 0.4) is 0 Å². The first kappa shape index (κ1) is 22.7. The van der Waals surface area contributed by atoms with Gasteiger partial charge >= 0.3 is 0 Å². The first-order chi connectivity index (χ1) is 5.68. The summed E-state index contributed by atoms with van der Waals surface area (Å²) in [5, 5.41) is 0. The molecule has 0 heterocycles. The highest BCUT2D eigenvalue weighted by molar-refractivity contribution is 4.25. The van der Waals surface area contributed by atoms with Crippen molar-refractivity contribution in [1.29, 1.82) is 0 Å². The summed E-state index contributed by atoms with van der Waals surface area (Å²) in [5.74, 6) is 0. The third-order valence-electron chi connectivity index (χ3n) is 0.632. The molecule has 0 aliphatic rings. The summed E-state index contributed by atoms with van der Waals surface area (Å²) in [6.45, 7) is 15.5. The summed E-state index contributed by atoms with van der Waals surface area (Å²) in [6, 6.07) is 0. The summed E-state index contributed by atoms with van der Waals surface area (Å²) in [4.78, 5) is 2.12. The first-order valence-corrected chi connectivity index (χ1v) is 5.33. The Morgan fingerprint density at radius 1 is 0.750 bits per heavy atom. The highest BCUT2D eigenvalue weighted by Crippen LogP contribution is 1.63. The Labute approximate surface area is 81.2 Å². The standard InChI is InChI=1S/C4H11N.C3H8.2C2H6/c1-4-5(2)3;1-3-2;2*1-2/h4H2,1-3H3;3H2,1-2H3;2*1-2H3. The Morgan fingerprint density at radius 2 is 0.833 bits per heavy atom. The molecule has 0 fully saturated rings. The molecule has 80 valence electrons. The molecule has 0 amide bonds. The zero-order valence-corrected chi connectivity index (χ0v) is 10.9. The first-order valence-electron chi connectivity index (χ1n) is 5.33.